The summed E-state index contributed by atoms with van der Waals surface area (Å²) in [4.78, 5) is 17.2. The molecule has 0 radical (unpaired) electrons. The lowest BCUT2D eigenvalue weighted by Crippen LogP contribution is -2.22. The van der Waals surface area contributed by atoms with Gasteiger partial charge in [-0.2, -0.15) is 0 Å². The second kappa shape index (κ2) is 6.19. The van der Waals surface area contributed by atoms with E-state index in [1.807, 2.05) is 6.07 Å². The summed E-state index contributed by atoms with van der Waals surface area (Å²) < 4.78 is 0. The molecule has 1 aromatic heterocycles. The van der Waals surface area contributed by atoms with Crippen molar-refractivity contribution in [3.05, 3.63) is 59.4 Å². The van der Waals surface area contributed by atoms with Crippen LogP contribution in [0.5, 0.6) is 0 Å². The zero-order chi connectivity index (χ0) is 14.5. The van der Waals surface area contributed by atoms with E-state index in [0.717, 1.165) is 17.9 Å². The molecule has 0 bridgehead atoms. The van der Waals surface area contributed by atoms with Crippen LogP contribution in [0.15, 0.2) is 42.6 Å². The maximum atomic E-state index is 10.8. The Morgan fingerprint density at radius 1 is 1.30 bits per heavy atom. The van der Waals surface area contributed by atoms with Crippen LogP contribution in [-0.4, -0.2) is 22.6 Å². The predicted molar refractivity (Wildman–Crippen MR) is 79.1 cm³/mol. The number of anilines is 1. The largest absolute Gasteiger partial charge is 0.478 e. The fraction of sp³-hybridized carbons (Fsp3) is 0.250. The number of carboxylic acid groups (broad SMARTS) is 1. The normalized spacial score (nSPS) is 10.3. The number of aromatic carboxylic acids is 1. The third-order valence-corrected chi connectivity index (χ3v) is 3.17. The molecule has 0 aliphatic carbocycles. The molecule has 104 valence electrons. The Morgan fingerprint density at radius 2 is 2.10 bits per heavy atom. The van der Waals surface area contributed by atoms with Gasteiger partial charge in [0.2, 0.25) is 0 Å². The highest BCUT2D eigenvalue weighted by molar-refractivity contribution is 5.87. The lowest BCUT2D eigenvalue weighted by Gasteiger charge is -2.23. The first kappa shape index (κ1) is 14.1. The molecule has 1 N–H and O–H groups in total. The Balaban J connectivity index is 2.16. The van der Waals surface area contributed by atoms with Gasteiger partial charge < -0.3 is 10.0 Å². The molecule has 4 heteroatoms. The molecule has 0 atom stereocenters. The Kier molecular flexibility index (Phi) is 4.35. The summed E-state index contributed by atoms with van der Waals surface area (Å²) in [5, 5.41) is 8.86. The van der Waals surface area contributed by atoms with Gasteiger partial charge in [-0.05, 0) is 43.7 Å². The van der Waals surface area contributed by atoms with Crippen molar-refractivity contribution in [2.24, 2.45) is 0 Å². The van der Waals surface area contributed by atoms with Crippen LogP contribution in [0.1, 0.15) is 28.5 Å². The van der Waals surface area contributed by atoms with Crippen LogP contribution in [0.3, 0.4) is 0 Å². The minimum atomic E-state index is -0.949. The fourth-order valence-electron chi connectivity index (χ4n) is 2.05. The van der Waals surface area contributed by atoms with Gasteiger partial charge in [0.15, 0.2) is 0 Å². The molecule has 2 rings (SSSR count). The van der Waals surface area contributed by atoms with Crippen LogP contribution in [0.2, 0.25) is 0 Å². The van der Waals surface area contributed by atoms with E-state index < -0.39 is 5.97 Å². The predicted octanol–water partition coefficient (Wildman–Crippen LogP) is 3.11. The van der Waals surface area contributed by atoms with Crippen LogP contribution in [0.25, 0.3) is 0 Å². The Labute approximate surface area is 118 Å². The standard InChI is InChI=1S/C16H18N2O2/c1-3-18(15-6-4-5-12(2)9-15)11-14-8-7-13(10-17-14)16(19)20/h4-10H,3,11H2,1-2H3,(H,19,20). The van der Waals surface area contributed by atoms with Crippen molar-refractivity contribution < 1.29 is 9.90 Å². The number of rotatable bonds is 5. The highest BCUT2D eigenvalue weighted by Gasteiger charge is 2.08. The SMILES string of the molecule is CCN(Cc1ccc(C(=O)O)cn1)c1cccc(C)c1. The number of hydrogen-bond acceptors (Lipinski definition) is 3. The van der Waals surface area contributed by atoms with Gasteiger partial charge in [-0.3, -0.25) is 4.98 Å². The van der Waals surface area contributed by atoms with Crippen molar-refractivity contribution >= 4 is 11.7 Å². The fourth-order valence-corrected chi connectivity index (χ4v) is 2.05. The molecule has 4 nitrogen and oxygen atoms in total. The Bertz CT molecular complexity index is 594. The number of carboxylic acids is 1. The maximum Gasteiger partial charge on any atom is 0.337 e. The first-order valence-corrected chi connectivity index (χ1v) is 6.60. The molecule has 0 spiro atoms. The molecule has 0 aliphatic heterocycles. The first-order valence-electron chi connectivity index (χ1n) is 6.60. The summed E-state index contributed by atoms with van der Waals surface area (Å²) in [6.07, 6.45) is 1.40. The molecule has 0 saturated heterocycles. The average molecular weight is 270 g/mol. The second-order valence-electron chi connectivity index (χ2n) is 4.70. The van der Waals surface area contributed by atoms with Gasteiger partial charge in [-0.1, -0.05) is 12.1 Å². The molecule has 0 amide bonds. The lowest BCUT2D eigenvalue weighted by molar-refractivity contribution is 0.0696. The quantitative estimate of drug-likeness (QED) is 0.907. The van der Waals surface area contributed by atoms with E-state index in [4.69, 9.17) is 5.11 Å². The van der Waals surface area contributed by atoms with E-state index in [1.165, 1.54) is 11.8 Å². The number of benzene rings is 1. The molecule has 0 saturated carbocycles. The van der Waals surface area contributed by atoms with E-state index >= 15 is 0 Å². The number of nitrogens with zero attached hydrogens (tertiary/aromatic N) is 2. The number of aromatic nitrogens is 1. The van der Waals surface area contributed by atoms with Crippen molar-refractivity contribution in [1.29, 1.82) is 0 Å². The number of hydrogen-bond donors (Lipinski definition) is 1. The van der Waals surface area contributed by atoms with Gasteiger partial charge in [0.25, 0.3) is 0 Å². The van der Waals surface area contributed by atoms with Crippen LogP contribution in [0, 0.1) is 6.92 Å². The van der Waals surface area contributed by atoms with Gasteiger partial charge >= 0.3 is 5.97 Å². The summed E-state index contributed by atoms with van der Waals surface area (Å²) >= 11 is 0. The van der Waals surface area contributed by atoms with Gasteiger partial charge in [-0.15, -0.1) is 0 Å². The molecule has 0 aliphatic rings. The van der Waals surface area contributed by atoms with Crippen molar-refractivity contribution in [3.8, 4) is 0 Å². The van der Waals surface area contributed by atoms with E-state index in [0.29, 0.717) is 6.54 Å². The molecule has 2 aromatic rings. The van der Waals surface area contributed by atoms with Crippen molar-refractivity contribution in [2.45, 2.75) is 20.4 Å². The van der Waals surface area contributed by atoms with Crippen LogP contribution < -0.4 is 4.90 Å². The number of carbonyl (C=O) groups is 1. The second-order valence-corrected chi connectivity index (χ2v) is 4.70. The van der Waals surface area contributed by atoms with Crippen LogP contribution >= 0.6 is 0 Å². The maximum absolute atomic E-state index is 10.8. The minimum Gasteiger partial charge on any atom is -0.478 e. The highest BCUT2D eigenvalue weighted by Crippen LogP contribution is 2.17. The summed E-state index contributed by atoms with van der Waals surface area (Å²) in [7, 11) is 0. The van der Waals surface area contributed by atoms with Crippen molar-refractivity contribution in [1.82, 2.24) is 4.98 Å². The van der Waals surface area contributed by atoms with Crippen LogP contribution in [-0.2, 0) is 6.54 Å². The van der Waals surface area contributed by atoms with Gasteiger partial charge in [0.05, 0.1) is 17.8 Å². The lowest BCUT2D eigenvalue weighted by atomic mass is 10.2. The van der Waals surface area contributed by atoms with Crippen molar-refractivity contribution in [3.63, 3.8) is 0 Å². The van der Waals surface area contributed by atoms with Crippen LogP contribution in [0.4, 0.5) is 5.69 Å². The number of aryl methyl sites for hydroxylation is 1. The molecule has 0 fully saturated rings. The van der Waals surface area contributed by atoms with Crippen molar-refractivity contribution in [2.75, 3.05) is 11.4 Å². The summed E-state index contributed by atoms with van der Waals surface area (Å²) in [6.45, 7) is 5.69. The molecule has 0 unspecified atom stereocenters. The number of pyridine rings is 1. The topological polar surface area (TPSA) is 53.4 Å². The monoisotopic (exact) mass is 270 g/mol. The zero-order valence-electron chi connectivity index (χ0n) is 11.7. The van der Waals surface area contributed by atoms with E-state index in [-0.39, 0.29) is 5.56 Å². The molecule has 1 heterocycles. The smallest absolute Gasteiger partial charge is 0.337 e. The minimum absolute atomic E-state index is 0.215. The molecular weight excluding hydrogens is 252 g/mol. The molecule has 20 heavy (non-hydrogen) atoms. The molecule has 1 aromatic carbocycles. The van der Waals surface area contributed by atoms with Gasteiger partial charge in [-0.25, -0.2) is 4.79 Å². The van der Waals surface area contributed by atoms with E-state index in [9.17, 15) is 4.79 Å². The molecular formula is C16H18N2O2. The Hall–Kier alpha value is -2.36. The third kappa shape index (κ3) is 3.35. The van der Waals surface area contributed by atoms with Gasteiger partial charge in [0.1, 0.15) is 0 Å². The highest BCUT2D eigenvalue weighted by atomic mass is 16.4. The summed E-state index contributed by atoms with van der Waals surface area (Å²) in [6, 6.07) is 11.7. The Morgan fingerprint density at radius 3 is 2.65 bits per heavy atom. The van der Waals surface area contributed by atoms with E-state index in [1.54, 1.807) is 12.1 Å². The average Bonchev–Trinajstić information content (AvgIpc) is 2.45. The van der Waals surface area contributed by atoms with Gasteiger partial charge in [0, 0.05) is 18.4 Å². The zero-order valence-corrected chi connectivity index (χ0v) is 11.7. The first-order chi connectivity index (χ1) is 9.60. The third-order valence-electron chi connectivity index (χ3n) is 3.17. The summed E-state index contributed by atoms with van der Waals surface area (Å²) in [5.74, 6) is -0.949. The van der Waals surface area contributed by atoms with E-state index in [2.05, 4.69) is 41.9 Å². The summed E-state index contributed by atoms with van der Waals surface area (Å²) in [5.41, 5.74) is 3.44.